The molecule has 0 saturated carbocycles. The summed E-state index contributed by atoms with van der Waals surface area (Å²) in [5, 5.41) is 5.00. The smallest absolute Gasteiger partial charge is 0.123 e. The fourth-order valence-electron chi connectivity index (χ4n) is 5.92. The zero-order valence-corrected chi connectivity index (χ0v) is 24.4. The van der Waals surface area contributed by atoms with Gasteiger partial charge in [0, 0.05) is 31.7 Å². The van der Waals surface area contributed by atoms with Gasteiger partial charge >= 0.3 is 0 Å². The van der Waals surface area contributed by atoms with Crippen molar-refractivity contribution in [2.24, 2.45) is 0 Å². The maximum atomic E-state index is 13.7. The molecule has 1 aromatic heterocycles. The van der Waals surface area contributed by atoms with Gasteiger partial charge in [-0.25, -0.2) is 13.5 Å². The largest absolute Gasteiger partial charge is 0.497 e. The molecule has 5 nitrogen and oxygen atoms in total. The second-order valence-corrected chi connectivity index (χ2v) is 11.0. The topological polar surface area (TPSA) is 33.5 Å². The summed E-state index contributed by atoms with van der Waals surface area (Å²) in [6, 6.07) is 33.9. The number of nitrogens with zero attached hydrogens (tertiary/aromatic N) is 4. The van der Waals surface area contributed by atoms with E-state index in [1.54, 1.807) is 7.11 Å². The molecule has 1 aliphatic heterocycles. The Balaban J connectivity index is 1.10. The fourth-order valence-corrected chi connectivity index (χ4v) is 5.92. The fraction of sp³-hybridized carbons (Fsp3) is 0.250. The monoisotopic (exact) mass is 578 g/mol. The molecule has 43 heavy (non-hydrogen) atoms. The number of hydrogen-bond donors (Lipinski definition) is 0. The molecule has 0 aliphatic carbocycles. The number of aryl methyl sites for hydroxylation is 1. The van der Waals surface area contributed by atoms with Crippen molar-refractivity contribution in [2.45, 2.75) is 18.9 Å². The molecule has 7 heteroatoms. The molecule has 1 fully saturated rings. The second-order valence-electron chi connectivity index (χ2n) is 11.0. The summed E-state index contributed by atoms with van der Waals surface area (Å²) in [6.45, 7) is 4.62. The van der Waals surface area contributed by atoms with Gasteiger partial charge in [0.1, 0.15) is 17.4 Å². The van der Waals surface area contributed by atoms with Gasteiger partial charge in [-0.05, 0) is 97.2 Å². The van der Waals surface area contributed by atoms with Gasteiger partial charge < -0.3 is 9.64 Å². The Morgan fingerprint density at radius 1 is 0.744 bits per heavy atom. The van der Waals surface area contributed by atoms with E-state index in [9.17, 15) is 8.78 Å². The maximum absolute atomic E-state index is 13.7. The third-order valence-electron chi connectivity index (χ3n) is 8.20. The molecule has 0 N–H and O–H groups in total. The van der Waals surface area contributed by atoms with E-state index in [4.69, 9.17) is 9.84 Å². The zero-order chi connectivity index (χ0) is 29.6. The Hall–Kier alpha value is -4.33. The molecule has 1 saturated heterocycles. The number of hydrogen-bond acceptors (Lipinski definition) is 4. The molecular formula is C36H36F2N4O. The summed E-state index contributed by atoms with van der Waals surface area (Å²) in [4.78, 5) is 4.92. The second kappa shape index (κ2) is 13.3. The molecule has 6 rings (SSSR count). The van der Waals surface area contributed by atoms with Gasteiger partial charge in [-0.2, -0.15) is 5.10 Å². The van der Waals surface area contributed by atoms with Crippen LogP contribution in [0.1, 0.15) is 29.3 Å². The highest BCUT2D eigenvalue weighted by molar-refractivity contribution is 5.63. The lowest BCUT2D eigenvalue weighted by Crippen LogP contribution is -2.48. The van der Waals surface area contributed by atoms with E-state index in [2.05, 4.69) is 40.1 Å². The molecule has 0 bridgehead atoms. The van der Waals surface area contributed by atoms with Gasteiger partial charge in [-0.3, -0.25) is 4.90 Å². The SMILES string of the molecule is COc1ccc(-c2cc(CCCN3CCN(C(c4ccc(F)cc4)c4ccc(F)cc4)CC3)nn2-c2ccccc2)cc1. The van der Waals surface area contributed by atoms with E-state index in [0.717, 1.165) is 85.1 Å². The number of halogens is 2. The van der Waals surface area contributed by atoms with Crippen LogP contribution in [0, 0.1) is 11.6 Å². The Morgan fingerprint density at radius 2 is 1.35 bits per heavy atom. The normalized spacial score (nSPS) is 14.3. The molecule has 0 atom stereocenters. The Kier molecular flexibility index (Phi) is 8.91. The van der Waals surface area contributed by atoms with E-state index in [1.165, 1.54) is 24.3 Å². The minimum Gasteiger partial charge on any atom is -0.497 e. The van der Waals surface area contributed by atoms with Gasteiger partial charge in [-0.15, -0.1) is 0 Å². The van der Waals surface area contributed by atoms with Crippen LogP contribution in [-0.4, -0.2) is 59.4 Å². The Bertz CT molecular complexity index is 1550. The number of rotatable bonds is 10. The quantitative estimate of drug-likeness (QED) is 0.176. The predicted octanol–water partition coefficient (Wildman–Crippen LogP) is 7.17. The summed E-state index contributed by atoms with van der Waals surface area (Å²) in [7, 11) is 1.68. The summed E-state index contributed by atoms with van der Waals surface area (Å²) in [6.07, 6.45) is 1.89. The lowest BCUT2D eigenvalue weighted by molar-refractivity contribution is 0.108. The third-order valence-corrected chi connectivity index (χ3v) is 8.20. The molecular weight excluding hydrogens is 542 g/mol. The Labute approximate surface area is 252 Å². The minimum atomic E-state index is -0.254. The van der Waals surface area contributed by atoms with Crippen molar-refractivity contribution in [3.63, 3.8) is 0 Å². The van der Waals surface area contributed by atoms with Gasteiger partial charge in [0.15, 0.2) is 0 Å². The van der Waals surface area contributed by atoms with Crippen LogP contribution in [0.2, 0.25) is 0 Å². The average molecular weight is 579 g/mol. The van der Waals surface area contributed by atoms with Gasteiger partial charge in [0.25, 0.3) is 0 Å². The van der Waals surface area contributed by atoms with Crippen LogP contribution in [0.15, 0.2) is 109 Å². The van der Waals surface area contributed by atoms with Crippen molar-refractivity contribution >= 4 is 0 Å². The first-order chi connectivity index (χ1) is 21.1. The molecule has 0 unspecified atom stereocenters. The Morgan fingerprint density at radius 3 is 1.93 bits per heavy atom. The lowest BCUT2D eigenvalue weighted by Gasteiger charge is -2.39. The highest BCUT2D eigenvalue weighted by Crippen LogP contribution is 2.31. The summed E-state index contributed by atoms with van der Waals surface area (Å²) >= 11 is 0. The van der Waals surface area contributed by atoms with E-state index >= 15 is 0 Å². The first-order valence-corrected chi connectivity index (χ1v) is 14.8. The van der Waals surface area contributed by atoms with Crippen LogP contribution in [0.25, 0.3) is 16.9 Å². The average Bonchev–Trinajstić information content (AvgIpc) is 3.48. The lowest BCUT2D eigenvalue weighted by atomic mass is 9.96. The van der Waals surface area contributed by atoms with Crippen molar-refractivity contribution < 1.29 is 13.5 Å². The van der Waals surface area contributed by atoms with Crippen molar-refractivity contribution in [3.8, 4) is 22.7 Å². The molecule has 2 heterocycles. The van der Waals surface area contributed by atoms with Crippen molar-refractivity contribution in [1.82, 2.24) is 19.6 Å². The summed E-state index contributed by atoms with van der Waals surface area (Å²) in [5.74, 6) is 0.323. The maximum Gasteiger partial charge on any atom is 0.123 e. The third kappa shape index (κ3) is 6.85. The highest BCUT2D eigenvalue weighted by Gasteiger charge is 2.26. The minimum absolute atomic E-state index is 0.0401. The molecule has 220 valence electrons. The van der Waals surface area contributed by atoms with E-state index in [1.807, 2.05) is 59.3 Å². The molecule has 4 aromatic carbocycles. The van der Waals surface area contributed by atoms with Crippen LogP contribution >= 0.6 is 0 Å². The number of methoxy groups -OCH3 is 1. The first kappa shape index (κ1) is 28.8. The molecule has 0 radical (unpaired) electrons. The first-order valence-electron chi connectivity index (χ1n) is 14.8. The number of aromatic nitrogens is 2. The molecule has 1 aliphatic rings. The van der Waals surface area contributed by atoms with Crippen LogP contribution < -0.4 is 4.74 Å². The number of piperazine rings is 1. The number of ether oxygens (including phenoxy) is 1. The van der Waals surface area contributed by atoms with Crippen LogP contribution in [0.4, 0.5) is 8.78 Å². The van der Waals surface area contributed by atoms with Gasteiger partial charge in [0.2, 0.25) is 0 Å². The highest BCUT2D eigenvalue weighted by atomic mass is 19.1. The van der Waals surface area contributed by atoms with Gasteiger partial charge in [-0.1, -0.05) is 42.5 Å². The molecule has 0 amide bonds. The van der Waals surface area contributed by atoms with E-state index in [-0.39, 0.29) is 17.7 Å². The van der Waals surface area contributed by atoms with E-state index < -0.39 is 0 Å². The van der Waals surface area contributed by atoms with Crippen LogP contribution in [0.3, 0.4) is 0 Å². The molecule has 5 aromatic rings. The summed E-state index contributed by atoms with van der Waals surface area (Å²) in [5.41, 5.74) is 6.29. The summed E-state index contributed by atoms with van der Waals surface area (Å²) < 4.78 is 34.7. The van der Waals surface area contributed by atoms with Crippen molar-refractivity contribution in [2.75, 3.05) is 39.8 Å². The van der Waals surface area contributed by atoms with Crippen LogP contribution in [-0.2, 0) is 6.42 Å². The number of benzene rings is 4. The van der Waals surface area contributed by atoms with Crippen molar-refractivity contribution in [1.29, 1.82) is 0 Å². The predicted molar refractivity (Wildman–Crippen MR) is 167 cm³/mol. The van der Waals surface area contributed by atoms with E-state index in [0.29, 0.717) is 0 Å². The standard InChI is InChI=1S/C36H36F2N4O/c1-43-34-19-13-27(14-20-34)35-26-32(39-42(35)33-7-3-2-4-8-33)6-5-21-40-22-24-41(25-23-40)36(28-9-15-30(37)16-10-28)29-11-17-31(38)18-12-29/h2-4,7-20,26,36H,5-6,21-25H2,1H3. The van der Waals surface area contributed by atoms with Gasteiger partial charge in [0.05, 0.1) is 30.2 Å². The molecule has 0 spiro atoms. The number of para-hydroxylation sites is 1. The van der Waals surface area contributed by atoms with Crippen LogP contribution in [0.5, 0.6) is 5.75 Å². The van der Waals surface area contributed by atoms with Crippen molar-refractivity contribution in [3.05, 3.63) is 138 Å². The zero-order valence-electron chi connectivity index (χ0n) is 24.4.